The van der Waals surface area contributed by atoms with Crippen molar-refractivity contribution in [2.75, 3.05) is 46.9 Å². The Kier molecular flexibility index (Phi) is 11.0. The van der Waals surface area contributed by atoms with Crippen LogP contribution < -0.4 is 10.1 Å². The summed E-state index contributed by atoms with van der Waals surface area (Å²) in [6.45, 7) is 9.79. The van der Waals surface area contributed by atoms with Gasteiger partial charge in [-0.3, -0.25) is 0 Å². The minimum atomic E-state index is 0. The van der Waals surface area contributed by atoms with E-state index in [2.05, 4.69) is 55.2 Å². The first kappa shape index (κ1) is 23.0. The first-order valence-electron chi connectivity index (χ1n) is 9.48. The van der Waals surface area contributed by atoms with Crippen LogP contribution >= 0.6 is 24.0 Å². The van der Waals surface area contributed by atoms with Crippen molar-refractivity contribution in [3.05, 3.63) is 29.8 Å². The van der Waals surface area contributed by atoms with Crippen molar-refractivity contribution < 1.29 is 4.74 Å². The molecule has 1 aromatic rings. The molecule has 148 valence electrons. The summed E-state index contributed by atoms with van der Waals surface area (Å²) in [5.41, 5.74) is 1.14. The highest BCUT2D eigenvalue weighted by Gasteiger charge is 2.18. The van der Waals surface area contributed by atoms with E-state index in [1.54, 1.807) is 0 Å². The first-order valence-corrected chi connectivity index (χ1v) is 9.48. The lowest BCUT2D eigenvalue weighted by molar-refractivity contribution is 0.259. The van der Waals surface area contributed by atoms with E-state index in [0.29, 0.717) is 13.2 Å². The monoisotopic (exact) mass is 474 g/mol. The number of likely N-dealkylation sites (tertiary alicyclic amines) is 1. The summed E-state index contributed by atoms with van der Waals surface area (Å²) in [6.07, 6.45) is 2.49. The molecule has 2 rings (SSSR count). The fourth-order valence-electron chi connectivity index (χ4n) is 2.92. The van der Waals surface area contributed by atoms with Crippen LogP contribution in [0.2, 0.25) is 0 Å². The van der Waals surface area contributed by atoms with Crippen LogP contribution in [0.1, 0.15) is 32.3 Å². The quantitative estimate of drug-likeness (QED) is 0.374. The molecule has 0 spiro atoms. The number of ether oxygens (including phenoxy) is 1. The Bertz CT molecular complexity index is 542. The number of rotatable bonds is 7. The van der Waals surface area contributed by atoms with E-state index < -0.39 is 0 Å². The molecule has 6 heteroatoms. The third-order valence-corrected chi connectivity index (χ3v) is 4.59. The molecule has 0 saturated carbocycles. The Morgan fingerprint density at radius 1 is 1.27 bits per heavy atom. The second-order valence-electron chi connectivity index (χ2n) is 7.10. The molecule has 0 radical (unpaired) electrons. The molecule has 1 aliphatic heterocycles. The first-order chi connectivity index (χ1) is 12.1. The van der Waals surface area contributed by atoms with Crippen molar-refractivity contribution >= 4 is 29.9 Å². The van der Waals surface area contributed by atoms with Crippen molar-refractivity contribution in [2.45, 2.75) is 33.2 Å². The molecule has 26 heavy (non-hydrogen) atoms. The Morgan fingerprint density at radius 2 is 1.96 bits per heavy atom. The molecule has 1 heterocycles. The van der Waals surface area contributed by atoms with Gasteiger partial charge in [0.2, 0.25) is 0 Å². The van der Waals surface area contributed by atoms with E-state index in [1.807, 2.05) is 12.1 Å². The topological polar surface area (TPSA) is 40.1 Å². The van der Waals surface area contributed by atoms with E-state index in [4.69, 9.17) is 9.73 Å². The lowest BCUT2D eigenvalue weighted by atomic mass is 10.00. The molecule has 5 nitrogen and oxygen atoms in total. The normalized spacial score (nSPS) is 15.7. The van der Waals surface area contributed by atoms with E-state index in [9.17, 15) is 0 Å². The average molecular weight is 474 g/mol. The number of aliphatic imine (C=N–C) groups is 1. The maximum absolute atomic E-state index is 5.95. The molecule has 0 aliphatic carbocycles. The van der Waals surface area contributed by atoms with Crippen LogP contribution in [0.15, 0.2) is 29.3 Å². The van der Waals surface area contributed by atoms with Crippen LogP contribution in [-0.2, 0) is 6.54 Å². The molecular weight excluding hydrogens is 439 g/mol. The smallest absolute Gasteiger partial charge is 0.194 e. The van der Waals surface area contributed by atoms with E-state index in [1.165, 1.54) is 12.8 Å². The molecule has 1 aliphatic rings. The average Bonchev–Trinajstić information content (AvgIpc) is 2.60. The Morgan fingerprint density at radius 3 is 2.62 bits per heavy atom. The van der Waals surface area contributed by atoms with Crippen LogP contribution in [0.3, 0.4) is 0 Å². The van der Waals surface area contributed by atoms with Gasteiger partial charge in [0.1, 0.15) is 12.4 Å². The summed E-state index contributed by atoms with van der Waals surface area (Å²) >= 11 is 0. The number of hydrogen-bond acceptors (Lipinski definition) is 3. The molecule has 1 saturated heterocycles. The third kappa shape index (κ3) is 7.70. The van der Waals surface area contributed by atoms with Gasteiger partial charge in [-0.1, -0.05) is 25.1 Å². The standard InChI is InChI=1S/C20H34N4O.HI/c1-5-21-20(24-12-10-17(2)11-13-24)22-16-18-8-6-7-9-19(18)25-15-14-23(3)4;/h6-9,17H,5,10-16H2,1-4H3,(H,21,22);1H. The lowest BCUT2D eigenvalue weighted by Gasteiger charge is -2.33. The zero-order valence-electron chi connectivity index (χ0n) is 16.7. The second kappa shape index (κ2) is 12.4. The number of piperidine rings is 1. The summed E-state index contributed by atoms with van der Waals surface area (Å²) in [5.74, 6) is 2.79. The van der Waals surface area contributed by atoms with Crippen molar-refractivity contribution in [1.82, 2.24) is 15.1 Å². The molecule has 1 fully saturated rings. The van der Waals surface area contributed by atoms with Crippen molar-refractivity contribution in [3.8, 4) is 5.75 Å². The van der Waals surface area contributed by atoms with E-state index >= 15 is 0 Å². The van der Waals surface area contributed by atoms with Crippen molar-refractivity contribution in [3.63, 3.8) is 0 Å². The maximum Gasteiger partial charge on any atom is 0.194 e. The third-order valence-electron chi connectivity index (χ3n) is 4.59. The predicted octanol–water partition coefficient (Wildman–Crippen LogP) is 3.44. The van der Waals surface area contributed by atoms with Crippen LogP contribution in [0.25, 0.3) is 0 Å². The fourth-order valence-corrected chi connectivity index (χ4v) is 2.92. The number of nitrogens with one attached hydrogen (secondary N) is 1. The summed E-state index contributed by atoms with van der Waals surface area (Å²) in [6, 6.07) is 8.22. The predicted molar refractivity (Wildman–Crippen MR) is 121 cm³/mol. The van der Waals surface area contributed by atoms with E-state index in [-0.39, 0.29) is 24.0 Å². The molecule has 0 aromatic heterocycles. The van der Waals surface area contributed by atoms with Crippen LogP contribution in [0.4, 0.5) is 0 Å². The number of nitrogens with zero attached hydrogens (tertiary/aromatic N) is 3. The highest BCUT2D eigenvalue weighted by Crippen LogP contribution is 2.20. The SMILES string of the molecule is CCNC(=NCc1ccccc1OCCN(C)C)N1CCC(C)CC1.I. The fraction of sp³-hybridized carbons (Fsp3) is 0.650. The zero-order chi connectivity index (χ0) is 18.1. The highest BCUT2D eigenvalue weighted by molar-refractivity contribution is 14.0. The van der Waals surface area contributed by atoms with Gasteiger partial charge < -0.3 is 19.9 Å². The van der Waals surface area contributed by atoms with E-state index in [0.717, 1.165) is 49.4 Å². The number of hydrogen-bond donors (Lipinski definition) is 1. The Hall–Kier alpha value is -1.02. The zero-order valence-corrected chi connectivity index (χ0v) is 19.0. The van der Waals surface area contributed by atoms with Crippen LogP contribution in [0, 0.1) is 5.92 Å². The van der Waals surface area contributed by atoms with Gasteiger partial charge in [0, 0.05) is 31.7 Å². The summed E-state index contributed by atoms with van der Waals surface area (Å²) in [4.78, 5) is 9.39. The molecule has 1 aromatic carbocycles. The van der Waals surface area contributed by atoms with Gasteiger partial charge in [0.05, 0.1) is 6.54 Å². The highest BCUT2D eigenvalue weighted by atomic mass is 127. The van der Waals surface area contributed by atoms with Gasteiger partial charge in [0.25, 0.3) is 0 Å². The number of likely N-dealkylation sites (N-methyl/N-ethyl adjacent to an activating group) is 1. The molecule has 1 N–H and O–H groups in total. The minimum absolute atomic E-state index is 0. The number of para-hydroxylation sites is 1. The van der Waals surface area contributed by atoms with Gasteiger partial charge in [-0.2, -0.15) is 0 Å². The van der Waals surface area contributed by atoms with Gasteiger partial charge in [-0.15, -0.1) is 24.0 Å². The summed E-state index contributed by atoms with van der Waals surface area (Å²) in [5, 5.41) is 3.44. The summed E-state index contributed by atoms with van der Waals surface area (Å²) < 4.78 is 5.95. The van der Waals surface area contributed by atoms with Crippen LogP contribution in [0.5, 0.6) is 5.75 Å². The molecule has 0 bridgehead atoms. The molecule has 0 unspecified atom stereocenters. The number of guanidine groups is 1. The Labute approximate surface area is 176 Å². The molecule has 0 atom stereocenters. The lowest BCUT2D eigenvalue weighted by Crippen LogP contribution is -2.45. The van der Waals surface area contributed by atoms with Gasteiger partial charge in [-0.25, -0.2) is 4.99 Å². The summed E-state index contributed by atoms with van der Waals surface area (Å²) in [7, 11) is 4.11. The maximum atomic E-state index is 5.95. The molecule has 0 amide bonds. The van der Waals surface area contributed by atoms with Crippen molar-refractivity contribution in [2.24, 2.45) is 10.9 Å². The van der Waals surface area contributed by atoms with Gasteiger partial charge in [0.15, 0.2) is 5.96 Å². The van der Waals surface area contributed by atoms with Crippen molar-refractivity contribution in [1.29, 1.82) is 0 Å². The number of benzene rings is 1. The Balaban J connectivity index is 0.00000338. The number of halogens is 1. The minimum Gasteiger partial charge on any atom is -0.492 e. The largest absolute Gasteiger partial charge is 0.492 e. The molecular formula is C20H35IN4O. The van der Waals surface area contributed by atoms with Crippen LogP contribution in [-0.4, -0.2) is 62.6 Å². The second-order valence-corrected chi connectivity index (χ2v) is 7.10. The van der Waals surface area contributed by atoms with Gasteiger partial charge >= 0.3 is 0 Å². The van der Waals surface area contributed by atoms with Gasteiger partial charge in [-0.05, 0) is 45.8 Å².